The lowest BCUT2D eigenvalue weighted by Crippen LogP contribution is -2.11. The number of phenolic OH excluding ortho intramolecular Hbond substituents is 1. The van der Waals surface area contributed by atoms with Gasteiger partial charge in [-0.15, -0.1) is 0 Å². The first-order chi connectivity index (χ1) is 9.77. The molecule has 0 saturated carbocycles. The molecule has 0 bridgehead atoms. The van der Waals surface area contributed by atoms with Crippen LogP contribution in [0.4, 0.5) is 10.1 Å². The van der Waals surface area contributed by atoms with Gasteiger partial charge in [-0.25, -0.2) is 4.39 Å². The van der Waals surface area contributed by atoms with Gasteiger partial charge in [0.1, 0.15) is 11.6 Å². The molecule has 2 aromatic rings. The van der Waals surface area contributed by atoms with Gasteiger partial charge in [-0.05, 0) is 47.7 Å². The van der Waals surface area contributed by atoms with Crippen molar-refractivity contribution in [2.45, 2.75) is 33.1 Å². The maximum Gasteiger partial charge on any atom is 0.123 e. The summed E-state index contributed by atoms with van der Waals surface area (Å²) in [5.74, 6) is 0.0312. The Bertz CT molecular complexity index is 667. The Hall–Kier alpha value is -2.16. The molecular weight excluding hydrogens is 265 g/mol. The van der Waals surface area contributed by atoms with Gasteiger partial charge < -0.3 is 5.11 Å². The van der Waals surface area contributed by atoms with Crippen LogP contribution in [0.25, 0.3) is 0 Å². The summed E-state index contributed by atoms with van der Waals surface area (Å²) in [6.07, 6.45) is 1.70. The summed E-state index contributed by atoms with van der Waals surface area (Å²) in [6, 6.07) is 9.82. The van der Waals surface area contributed by atoms with Crippen molar-refractivity contribution in [3.8, 4) is 5.75 Å². The van der Waals surface area contributed by atoms with Gasteiger partial charge in [0.25, 0.3) is 0 Å². The third-order valence-electron chi connectivity index (χ3n) is 3.34. The third kappa shape index (κ3) is 3.69. The highest BCUT2D eigenvalue weighted by Crippen LogP contribution is 2.35. The quantitative estimate of drug-likeness (QED) is 0.783. The Morgan fingerprint density at radius 3 is 2.29 bits per heavy atom. The first kappa shape index (κ1) is 15.2. The van der Waals surface area contributed by atoms with Gasteiger partial charge in [0.2, 0.25) is 0 Å². The summed E-state index contributed by atoms with van der Waals surface area (Å²) in [4.78, 5) is 4.46. The summed E-state index contributed by atoms with van der Waals surface area (Å²) in [5.41, 5.74) is 3.25. The average Bonchev–Trinajstić information content (AvgIpc) is 2.38. The Morgan fingerprint density at radius 2 is 1.71 bits per heavy atom. The Kier molecular flexibility index (Phi) is 4.12. The normalized spacial score (nSPS) is 12.0. The lowest BCUT2D eigenvalue weighted by atomic mass is 9.85. The molecule has 0 atom stereocenters. The highest BCUT2D eigenvalue weighted by atomic mass is 19.1. The summed E-state index contributed by atoms with van der Waals surface area (Å²) < 4.78 is 12.9. The van der Waals surface area contributed by atoms with E-state index in [1.807, 2.05) is 33.8 Å². The second-order valence-corrected chi connectivity index (χ2v) is 6.22. The van der Waals surface area contributed by atoms with E-state index >= 15 is 0 Å². The largest absolute Gasteiger partial charge is 0.508 e. The molecule has 0 saturated heterocycles. The van der Waals surface area contributed by atoms with E-state index < -0.39 is 0 Å². The second-order valence-electron chi connectivity index (χ2n) is 6.22. The van der Waals surface area contributed by atoms with Crippen LogP contribution in [-0.4, -0.2) is 11.3 Å². The van der Waals surface area contributed by atoms with Gasteiger partial charge in [0.15, 0.2) is 0 Å². The first-order valence-corrected chi connectivity index (χ1v) is 6.91. The van der Waals surface area contributed by atoms with Crippen molar-refractivity contribution in [2.75, 3.05) is 0 Å². The van der Waals surface area contributed by atoms with E-state index in [1.54, 1.807) is 24.4 Å². The predicted molar refractivity (Wildman–Crippen MR) is 85.2 cm³/mol. The van der Waals surface area contributed by atoms with Crippen molar-refractivity contribution in [1.29, 1.82) is 0 Å². The minimum atomic E-state index is -0.261. The third-order valence-corrected chi connectivity index (χ3v) is 3.34. The van der Waals surface area contributed by atoms with Crippen LogP contribution in [0.3, 0.4) is 0 Å². The fourth-order valence-corrected chi connectivity index (χ4v) is 2.11. The van der Waals surface area contributed by atoms with Crippen molar-refractivity contribution in [3.63, 3.8) is 0 Å². The van der Waals surface area contributed by atoms with Gasteiger partial charge in [0, 0.05) is 11.8 Å². The van der Waals surface area contributed by atoms with Crippen molar-refractivity contribution >= 4 is 11.9 Å². The van der Waals surface area contributed by atoms with Crippen LogP contribution in [-0.2, 0) is 5.41 Å². The summed E-state index contributed by atoms with van der Waals surface area (Å²) in [6.45, 7) is 8.05. The van der Waals surface area contributed by atoms with Crippen LogP contribution in [0.15, 0.2) is 41.4 Å². The zero-order valence-corrected chi connectivity index (χ0v) is 12.8. The molecule has 2 nitrogen and oxygen atoms in total. The number of phenols is 1. The minimum absolute atomic E-state index is 0.155. The van der Waals surface area contributed by atoms with Crippen LogP contribution < -0.4 is 0 Å². The highest BCUT2D eigenvalue weighted by Gasteiger charge is 2.19. The zero-order valence-electron chi connectivity index (χ0n) is 12.8. The molecule has 0 heterocycles. The molecule has 2 rings (SSSR count). The molecule has 0 spiro atoms. The van der Waals surface area contributed by atoms with Crippen molar-refractivity contribution < 1.29 is 9.50 Å². The van der Waals surface area contributed by atoms with Crippen LogP contribution >= 0.6 is 0 Å². The minimum Gasteiger partial charge on any atom is -0.508 e. The second kappa shape index (κ2) is 5.68. The molecule has 0 aromatic heterocycles. The van der Waals surface area contributed by atoms with Crippen molar-refractivity contribution in [3.05, 3.63) is 58.9 Å². The van der Waals surface area contributed by atoms with E-state index in [-0.39, 0.29) is 11.2 Å². The monoisotopic (exact) mass is 285 g/mol. The van der Waals surface area contributed by atoms with Crippen LogP contribution in [0.2, 0.25) is 0 Å². The molecule has 21 heavy (non-hydrogen) atoms. The summed E-state index contributed by atoms with van der Waals surface area (Å²) in [5, 5.41) is 10.1. The molecule has 0 aliphatic carbocycles. The number of hydrogen-bond acceptors (Lipinski definition) is 2. The van der Waals surface area contributed by atoms with Crippen molar-refractivity contribution in [1.82, 2.24) is 0 Å². The van der Waals surface area contributed by atoms with Gasteiger partial charge >= 0.3 is 0 Å². The number of hydrogen-bond donors (Lipinski definition) is 1. The molecule has 110 valence electrons. The number of nitrogens with zero attached hydrogens (tertiary/aromatic N) is 1. The number of aliphatic imine (C=N–C) groups is 1. The van der Waals surface area contributed by atoms with E-state index in [4.69, 9.17) is 0 Å². The molecule has 0 aliphatic heterocycles. The summed E-state index contributed by atoms with van der Waals surface area (Å²) in [7, 11) is 0. The van der Waals surface area contributed by atoms with Crippen LogP contribution in [0.1, 0.15) is 37.5 Å². The predicted octanol–water partition coefficient (Wildman–Crippen LogP) is 4.89. The molecule has 0 amide bonds. The van der Waals surface area contributed by atoms with Gasteiger partial charge in [0.05, 0.1) is 5.69 Å². The Morgan fingerprint density at radius 1 is 1.10 bits per heavy atom. The molecule has 0 radical (unpaired) electrons. The lowest BCUT2D eigenvalue weighted by molar-refractivity contribution is 0.446. The fourth-order valence-electron chi connectivity index (χ4n) is 2.11. The van der Waals surface area contributed by atoms with Gasteiger partial charge in [-0.3, -0.25) is 4.99 Å². The van der Waals surface area contributed by atoms with Crippen molar-refractivity contribution in [2.24, 2.45) is 4.99 Å². The molecule has 2 aromatic carbocycles. The average molecular weight is 285 g/mol. The topological polar surface area (TPSA) is 32.6 Å². The zero-order chi connectivity index (χ0) is 15.6. The maximum atomic E-state index is 12.9. The van der Waals surface area contributed by atoms with Crippen LogP contribution in [0, 0.1) is 12.7 Å². The van der Waals surface area contributed by atoms with E-state index in [0.29, 0.717) is 5.75 Å². The fraction of sp³-hybridized carbons (Fsp3) is 0.278. The molecule has 3 heteroatoms. The highest BCUT2D eigenvalue weighted by molar-refractivity contribution is 5.82. The maximum absolute atomic E-state index is 12.9. The molecule has 0 unspecified atom stereocenters. The molecular formula is C18H20FNO. The number of aromatic hydroxyl groups is 1. The Labute approximate surface area is 125 Å². The standard InChI is InChI=1S/C18H20FNO/c1-12-9-17(21)15(18(2,3)4)10-16(12)20-11-13-5-7-14(19)8-6-13/h5-11,21H,1-4H3. The molecule has 1 N–H and O–H groups in total. The van der Waals surface area contributed by atoms with Crippen LogP contribution in [0.5, 0.6) is 5.75 Å². The number of benzene rings is 2. The number of rotatable bonds is 2. The smallest absolute Gasteiger partial charge is 0.123 e. The van der Waals surface area contributed by atoms with Gasteiger partial charge in [-0.1, -0.05) is 32.9 Å². The van der Waals surface area contributed by atoms with E-state index in [0.717, 1.165) is 22.4 Å². The summed E-state index contributed by atoms with van der Waals surface area (Å²) >= 11 is 0. The van der Waals surface area contributed by atoms with E-state index in [2.05, 4.69) is 4.99 Å². The number of aryl methyl sites for hydroxylation is 1. The Balaban J connectivity index is 2.38. The SMILES string of the molecule is Cc1cc(O)c(C(C)(C)C)cc1N=Cc1ccc(F)cc1. The van der Waals surface area contributed by atoms with Gasteiger partial charge in [-0.2, -0.15) is 0 Å². The first-order valence-electron chi connectivity index (χ1n) is 6.91. The van der Waals surface area contributed by atoms with E-state index in [1.165, 1.54) is 12.1 Å². The van der Waals surface area contributed by atoms with E-state index in [9.17, 15) is 9.50 Å². The number of halogens is 1. The lowest BCUT2D eigenvalue weighted by Gasteiger charge is -2.21. The molecule has 0 fully saturated rings. The molecule has 0 aliphatic rings.